The van der Waals surface area contributed by atoms with Crippen LogP contribution in [-0.4, -0.2) is 48.1 Å². The van der Waals surface area contributed by atoms with Gasteiger partial charge in [-0.3, -0.25) is 9.59 Å². The molecule has 0 heterocycles. The number of methoxy groups -OCH3 is 1. The minimum atomic E-state index is -1.08. The highest BCUT2D eigenvalue weighted by Crippen LogP contribution is 2.28. The van der Waals surface area contributed by atoms with Gasteiger partial charge in [0.1, 0.15) is 23.4 Å². The van der Waals surface area contributed by atoms with Crippen LogP contribution in [0.3, 0.4) is 0 Å². The van der Waals surface area contributed by atoms with E-state index in [4.69, 9.17) is 15.9 Å². The molecule has 0 aliphatic heterocycles. The van der Waals surface area contributed by atoms with E-state index in [1.165, 1.54) is 4.90 Å². The molecule has 3 aromatic carbocycles. The predicted octanol–water partition coefficient (Wildman–Crippen LogP) is 5.34. The van der Waals surface area contributed by atoms with Crippen molar-refractivity contribution >= 4 is 23.6 Å². The summed E-state index contributed by atoms with van der Waals surface area (Å²) in [6.45, 7) is 7.18. The summed E-state index contributed by atoms with van der Waals surface area (Å²) in [5.74, 6) is 2.36. The molecule has 0 saturated carbocycles. The number of hydrogen-bond acceptors (Lipinski definition) is 5. The molecule has 8 heteroatoms. The van der Waals surface area contributed by atoms with Gasteiger partial charge in [0.15, 0.2) is 0 Å². The van der Waals surface area contributed by atoms with Gasteiger partial charge < -0.3 is 25.0 Å². The second-order valence-electron chi connectivity index (χ2n) is 10.4. The van der Waals surface area contributed by atoms with Crippen LogP contribution in [0, 0.1) is 12.3 Å². The van der Waals surface area contributed by atoms with Gasteiger partial charge in [-0.15, -0.1) is 6.42 Å². The molecule has 0 spiro atoms. The maximum Gasteiger partial charge on any atom is 0.408 e. The van der Waals surface area contributed by atoms with Crippen molar-refractivity contribution < 1.29 is 23.9 Å². The predicted molar refractivity (Wildman–Crippen MR) is 159 cm³/mol. The molecule has 41 heavy (non-hydrogen) atoms. The smallest absolute Gasteiger partial charge is 0.408 e. The van der Waals surface area contributed by atoms with Gasteiger partial charge >= 0.3 is 6.09 Å². The SMILES string of the molecule is C#Cc1ccccc1C(C(=O)Nc1ccc(OC)cc1)N(CC)C(=O)C(Cc1ccccc1)NC(=O)OC(C)(C)C. The summed E-state index contributed by atoms with van der Waals surface area (Å²) in [4.78, 5) is 42.4. The number of benzene rings is 3. The van der Waals surface area contributed by atoms with E-state index >= 15 is 0 Å². The van der Waals surface area contributed by atoms with Crippen LogP contribution in [-0.2, 0) is 20.7 Å². The topological polar surface area (TPSA) is 97.0 Å². The van der Waals surface area contributed by atoms with E-state index in [0.717, 1.165) is 5.56 Å². The molecule has 2 atom stereocenters. The second kappa shape index (κ2) is 14.0. The number of alkyl carbamates (subject to hydrolysis) is 1. The first-order valence-corrected chi connectivity index (χ1v) is 13.4. The molecule has 3 aromatic rings. The molecule has 3 amide bonds. The Balaban J connectivity index is 2.03. The van der Waals surface area contributed by atoms with Gasteiger partial charge in [0.2, 0.25) is 5.91 Å². The average Bonchev–Trinajstić information content (AvgIpc) is 2.95. The molecular weight excluding hydrogens is 518 g/mol. The molecule has 0 aliphatic rings. The summed E-state index contributed by atoms with van der Waals surface area (Å²) < 4.78 is 10.7. The lowest BCUT2D eigenvalue weighted by molar-refractivity contribution is -0.140. The van der Waals surface area contributed by atoms with Gasteiger partial charge in [-0.05, 0) is 69.2 Å². The summed E-state index contributed by atoms with van der Waals surface area (Å²) >= 11 is 0. The number of ether oxygens (including phenoxy) is 2. The monoisotopic (exact) mass is 555 g/mol. The Morgan fingerprint density at radius 1 is 0.951 bits per heavy atom. The Kier molecular flexibility index (Phi) is 10.5. The van der Waals surface area contributed by atoms with Crippen LogP contribution in [0.1, 0.15) is 50.4 Å². The van der Waals surface area contributed by atoms with Crippen LogP contribution in [0.15, 0.2) is 78.9 Å². The van der Waals surface area contributed by atoms with Gasteiger partial charge in [0, 0.05) is 24.2 Å². The van der Waals surface area contributed by atoms with Crippen molar-refractivity contribution in [2.24, 2.45) is 0 Å². The summed E-state index contributed by atoms with van der Waals surface area (Å²) in [6, 6.07) is 21.1. The van der Waals surface area contributed by atoms with E-state index in [1.807, 2.05) is 30.3 Å². The summed E-state index contributed by atoms with van der Waals surface area (Å²) in [5.41, 5.74) is 1.57. The second-order valence-corrected chi connectivity index (χ2v) is 10.4. The Hall–Kier alpha value is -4.77. The number of carbonyl (C=O) groups excluding carboxylic acids is 3. The van der Waals surface area contributed by atoms with E-state index in [1.54, 1.807) is 83.3 Å². The fourth-order valence-corrected chi connectivity index (χ4v) is 4.37. The molecular formula is C33H37N3O5. The van der Waals surface area contributed by atoms with E-state index in [-0.39, 0.29) is 13.0 Å². The highest BCUT2D eigenvalue weighted by atomic mass is 16.6. The third kappa shape index (κ3) is 8.61. The van der Waals surface area contributed by atoms with Gasteiger partial charge in [-0.1, -0.05) is 54.5 Å². The summed E-state index contributed by atoms with van der Waals surface area (Å²) in [5, 5.41) is 5.64. The standard InChI is InChI=1S/C33H37N3O5/c1-7-24-16-12-13-17-27(24)29(30(37)34-25-18-20-26(40-6)21-19-25)36(8-2)31(38)28(22-23-14-10-9-11-15-23)35-32(39)41-33(3,4)5/h1,9-21,28-29H,8,22H2,2-6H3,(H,34,37)(H,35,39). The van der Waals surface area contributed by atoms with Gasteiger partial charge in [-0.2, -0.15) is 0 Å². The highest BCUT2D eigenvalue weighted by Gasteiger charge is 2.36. The molecule has 3 rings (SSSR count). The maximum atomic E-state index is 14.2. The van der Waals surface area contributed by atoms with Crippen LogP contribution in [0.4, 0.5) is 10.5 Å². The third-order valence-electron chi connectivity index (χ3n) is 6.22. The Morgan fingerprint density at radius 3 is 2.17 bits per heavy atom. The zero-order chi connectivity index (χ0) is 30.0. The summed E-state index contributed by atoms with van der Waals surface area (Å²) in [7, 11) is 1.56. The number of anilines is 1. The number of nitrogens with zero attached hydrogens (tertiary/aromatic N) is 1. The van der Waals surface area contributed by atoms with Crippen molar-refractivity contribution in [3.05, 3.63) is 95.6 Å². The van der Waals surface area contributed by atoms with Crippen molar-refractivity contribution in [2.75, 3.05) is 19.0 Å². The molecule has 0 fully saturated rings. The minimum Gasteiger partial charge on any atom is -0.497 e. The Morgan fingerprint density at radius 2 is 1.59 bits per heavy atom. The van der Waals surface area contributed by atoms with Crippen LogP contribution < -0.4 is 15.4 Å². The number of rotatable bonds is 10. The Bertz CT molecular complexity index is 1370. The number of likely N-dealkylation sites (N-methyl/N-ethyl adjacent to an activating group) is 1. The molecule has 0 aromatic heterocycles. The van der Waals surface area contributed by atoms with E-state index in [2.05, 4.69) is 16.6 Å². The molecule has 8 nitrogen and oxygen atoms in total. The lowest BCUT2D eigenvalue weighted by Gasteiger charge is -2.34. The van der Waals surface area contributed by atoms with Crippen molar-refractivity contribution in [1.29, 1.82) is 0 Å². The normalized spacial score (nSPS) is 12.3. The number of amides is 3. The van der Waals surface area contributed by atoms with Crippen LogP contribution in [0.2, 0.25) is 0 Å². The van der Waals surface area contributed by atoms with Gasteiger partial charge in [0.05, 0.1) is 7.11 Å². The molecule has 2 N–H and O–H groups in total. The quantitative estimate of drug-likeness (QED) is 0.329. The number of nitrogens with one attached hydrogen (secondary N) is 2. The molecule has 214 valence electrons. The average molecular weight is 556 g/mol. The number of hydrogen-bond donors (Lipinski definition) is 2. The van der Waals surface area contributed by atoms with E-state index in [9.17, 15) is 14.4 Å². The largest absolute Gasteiger partial charge is 0.497 e. The fourth-order valence-electron chi connectivity index (χ4n) is 4.37. The van der Waals surface area contributed by atoms with Crippen LogP contribution in [0.5, 0.6) is 5.75 Å². The Labute approximate surface area is 242 Å². The molecule has 2 unspecified atom stereocenters. The number of terminal acetylenes is 1. The zero-order valence-corrected chi connectivity index (χ0v) is 24.1. The first kappa shape index (κ1) is 30.8. The molecule has 0 radical (unpaired) electrons. The van der Waals surface area contributed by atoms with Crippen molar-refractivity contribution in [3.8, 4) is 18.1 Å². The molecule has 0 aliphatic carbocycles. The fraction of sp³-hybridized carbons (Fsp3) is 0.303. The van der Waals surface area contributed by atoms with Gasteiger partial charge in [0.25, 0.3) is 5.91 Å². The lowest BCUT2D eigenvalue weighted by atomic mass is 9.96. The number of carbonyl (C=O) groups is 3. The highest BCUT2D eigenvalue weighted by molar-refractivity contribution is 5.99. The first-order valence-electron chi connectivity index (χ1n) is 13.4. The minimum absolute atomic E-state index is 0.166. The first-order chi connectivity index (χ1) is 19.6. The van der Waals surface area contributed by atoms with Crippen LogP contribution >= 0.6 is 0 Å². The van der Waals surface area contributed by atoms with E-state index < -0.39 is 35.6 Å². The maximum absolute atomic E-state index is 14.2. The van der Waals surface area contributed by atoms with Crippen molar-refractivity contribution in [3.63, 3.8) is 0 Å². The molecule has 0 bridgehead atoms. The molecule has 0 saturated heterocycles. The lowest BCUT2D eigenvalue weighted by Crippen LogP contribution is -2.53. The third-order valence-corrected chi connectivity index (χ3v) is 6.22. The van der Waals surface area contributed by atoms with E-state index in [0.29, 0.717) is 22.6 Å². The summed E-state index contributed by atoms with van der Waals surface area (Å²) in [6.07, 6.45) is 5.27. The zero-order valence-electron chi connectivity index (χ0n) is 24.1. The van der Waals surface area contributed by atoms with Crippen molar-refractivity contribution in [1.82, 2.24) is 10.2 Å². The van der Waals surface area contributed by atoms with Crippen molar-refractivity contribution in [2.45, 2.75) is 51.8 Å². The van der Waals surface area contributed by atoms with Crippen LogP contribution in [0.25, 0.3) is 0 Å². The van der Waals surface area contributed by atoms with Gasteiger partial charge in [-0.25, -0.2) is 4.79 Å².